The van der Waals surface area contributed by atoms with Crippen molar-refractivity contribution in [3.8, 4) is 0 Å². The second-order valence-corrected chi connectivity index (χ2v) is 4.01. The number of halogens is 2. The van der Waals surface area contributed by atoms with Crippen LogP contribution in [0.15, 0.2) is 18.3 Å². The van der Waals surface area contributed by atoms with E-state index in [2.05, 4.69) is 10.4 Å². The molecule has 1 heterocycles. The van der Waals surface area contributed by atoms with Crippen LogP contribution in [-0.4, -0.2) is 9.78 Å². The largest absolute Gasteiger partial charge is 0.397 e. The van der Waals surface area contributed by atoms with Crippen LogP contribution in [0, 0.1) is 11.6 Å². The second-order valence-electron chi connectivity index (χ2n) is 4.01. The number of nitrogens with zero attached hydrogens (tertiary/aromatic N) is 2. The van der Waals surface area contributed by atoms with E-state index in [0.29, 0.717) is 11.5 Å². The lowest BCUT2D eigenvalue weighted by Gasteiger charge is -2.08. The third kappa shape index (κ3) is 2.27. The molecule has 0 aliphatic rings. The lowest BCUT2D eigenvalue weighted by Crippen LogP contribution is -2.01. The molecule has 0 aliphatic carbocycles. The van der Waals surface area contributed by atoms with Gasteiger partial charge in [-0.1, -0.05) is 6.92 Å². The molecular formula is C12H14F2N4. The van der Waals surface area contributed by atoms with Gasteiger partial charge in [-0.15, -0.1) is 0 Å². The number of hydrogen-bond donors (Lipinski definition) is 2. The molecule has 1 aromatic carbocycles. The van der Waals surface area contributed by atoms with Gasteiger partial charge in [-0.2, -0.15) is 5.10 Å². The highest BCUT2D eigenvalue weighted by Gasteiger charge is 2.11. The van der Waals surface area contributed by atoms with Crippen LogP contribution in [-0.2, 0) is 13.5 Å². The van der Waals surface area contributed by atoms with Gasteiger partial charge in [-0.3, -0.25) is 4.68 Å². The van der Waals surface area contributed by atoms with Crippen LogP contribution in [0.25, 0.3) is 0 Å². The number of nitrogens with one attached hydrogen (secondary N) is 1. The number of nitrogens with two attached hydrogens (primary N) is 1. The average Bonchev–Trinajstić information content (AvgIpc) is 2.66. The van der Waals surface area contributed by atoms with Crippen LogP contribution in [0.3, 0.4) is 0 Å². The maximum atomic E-state index is 13.2. The standard InChI is InChI=1S/C12H14F2N4/c1-3-7-6-18(2)17-12(7)16-11-5-9(14)8(13)4-10(11)15/h4-6H,3,15H2,1-2H3,(H,16,17). The minimum Gasteiger partial charge on any atom is -0.397 e. The number of benzene rings is 1. The molecule has 6 heteroatoms. The van der Waals surface area contributed by atoms with Gasteiger partial charge >= 0.3 is 0 Å². The summed E-state index contributed by atoms with van der Waals surface area (Å²) < 4.78 is 27.7. The Morgan fingerprint density at radius 3 is 2.67 bits per heavy atom. The molecule has 2 rings (SSSR count). The molecule has 96 valence electrons. The van der Waals surface area contributed by atoms with E-state index in [1.54, 1.807) is 11.7 Å². The van der Waals surface area contributed by atoms with E-state index in [-0.39, 0.29) is 5.69 Å². The molecule has 0 radical (unpaired) electrons. The van der Waals surface area contributed by atoms with Gasteiger partial charge in [0, 0.05) is 30.9 Å². The van der Waals surface area contributed by atoms with Gasteiger partial charge in [0.1, 0.15) is 0 Å². The summed E-state index contributed by atoms with van der Waals surface area (Å²) in [6.07, 6.45) is 2.64. The molecule has 3 N–H and O–H groups in total. The molecular weight excluding hydrogens is 238 g/mol. The van der Waals surface area contributed by atoms with Crippen molar-refractivity contribution in [2.75, 3.05) is 11.1 Å². The fourth-order valence-electron chi connectivity index (χ4n) is 1.70. The fourth-order valence-corrected chi connectivity index (χ4v) is 1.70. The topological polar surface area (TPSA) is 55.9 Å². The molecule has 0 spiro atoms. The van der Waals surface area contributed by atoms with Crippen LogP contribution < -0.4 is 11.1 Å². The summed E-state index contributed by atoms with van der Waals surface area (Å²) in [5, 5.41) is 7.12. The first-order valence-electron chi connectivity index (χ1n) is 5.55. The van der Waals surface area contributed by atoms with Crippen LogP contribution in [0.2, 0.25) is 0 Å². The van der Waals surface area contributed by atoms with E-state index < -0.39 is 11.6 Å². The maximum Gasteiger partial charge on any atom is 0.161 e. The smallest absolute Gasteiger partial charge is 0.161 e. The molecule has 0 atom stereocenters. The van der Waals surface area contributed by atoms with E-state index in [0.717, 1.165) is 24.1 Å². The number of nitrogen functional groups attached to an aromatic ring is 1. The predicted molar refractivity (Wildman–Crippen MR) is 66.6 cm³/mol. The van der Waals surface area contributed by atoms with Crippen molar-refractivity contribution in [1.82, 2.24) is 9.78 Å². The van der Waals surface area contributed by atoms with Crippen molar-refractivity contribution in [3.05, 3.63) is 35.5 Å². The van der Waals surface area contributed by atoms with Crippen molar-refractivity contribution in [1.29, 1.82) is 0 Å². The van der Waals surface area contributed by atoms with E-state index in [1.807, 2.05) is 13.1 Å². The van der Waals surface area contributed by atoms with Crippen LogP contribution in [0.1, 0.15) is 12.5 Å². The summed E-state index contributed by atoms with van der Waals surface area (Å²) >= 11 is 0. The van der Waals surface area contributed by atoms with Gasteiger partial charge in [0.05, 0.1) is 11.4 Å². The summed E-state index contributed by atoms with van der Waals surface area (Å²) in [4.78, 5) is 0. The van der Waals surface area contributed by atoms with Crippen LogP contribution in [0.5, 0.6) is 0 Å². The second kappa shape index (κ2) is 4.64. The SMILES string of the molecule is CCc1cn(C)nc1Nc1cc(F)c(F)cc1N. The molecule has 0 saturated heterocycles. The summed E-state index contributed by atoms with van der Waals surface area (Å²) in [5.74, 6) is -1.31. The first-order chi connectivity index (χ1) is 8.51. The zero-order valence-electron chi connectivity index (χ0n) is 10.2. The quantitative estimate of drug-likeness (QED) is 0.825. The molecule has 0 aliphatic heterocycles. The van der Waals surface area contributed by atoms with Crippen molar-refractivity contribution in [2.45, 2.75) is 13.3 Å². The van der Waals surface area contributed by atoms with Gasteiger partial charge in [0.2, 0.25) is 0 Å². The average molecular weight is 252 g/mol. The van der Waals surface area contributed by atoms with Gasteiger partial charge in [0.15, 0.2) is 17.5 Å². The van der Waals surface area contributed by atoms with Gasteiger partial charge in [-0.25, -0.2) is 8.78 Å². The Morgan fingerprint density at radius 2 is 2.00 bits per heavy atom. The van der Waals surface area contributed by atoms with Gasteiger partial charge in [-0.05, 0) is 6.42 Å². The zero-order chi connectivity index (χ0) is 13.3. The zero-order valence-corrected chi connectivity index (χ0v) is 10.2. The number of hydrogen-bond acceptors (Lipinski definition) is 3. The Morgan fingerprint density at radius 1 is 1.33 bits per heavy atom. The summed E-state index contributed by atoms with van der Waals surface area (Å²) in [6, 6.07) is 1.98. The van der Waals surface area contributed by atoms with E-state index >= 15 is 0 Å². The lowest BCUT2D eigenvalue weighted by molar-refractivity contribution is 0.509. The predicted octanol–water partition coefficient (Wildman–Crippen LogP) is 2.59. The Balaban J connectivity index is 2.36. The monoisotopic (exact) mass is 252 g/mol. The van der Waals surface area contributed by atoms with Gasteiger partial charge < -0.3 is 11.1 Å². The highest BCUT2D eigenvalue weighted by Crippen LogP contribution is 2.26. The Bertz CT molecular complexity index is 578. The number of rotatable bonds is 3. The molecule has 0 amide bonds. The molecule has 0 saturated carbocycles. The third-order valence-electron chi connectivity index (χ3n) is 2.63. The van der Waals surface area contributed by atoms with Crippen molar-refractivity contribution in [3.63, 3.8) is 0 Å². The van der Waals surface area contributed by atoms with Gasteiger partial charge in [0.25, 0.3) is 0 Å². The third-order valence-corrected chi connectivity index (χ3v) is 2.63. The fraction of sp³-hybridized carbons (Fsp3) is 0.250. The normalized spacial score (nSPS) is 10.7. The summed E-state index contributed by atoms with van der Waals surface area (Å²) in [5.41, 5.74) is 7.05. The molecule has 18 heavy (non-hydrogen) atoms. The Hall–Kier alpha value is -2.11. The number of aryl methyl sites for hydroxylation is 2. The minimum atomic E-state index is -0.963. The molecule has 0 unspecified atom stereocenters. The maximum absolute atomic E-state index is 13.2. The first kappa shape index (κ1) is 12.3. The van der Waals surface area contributed by atoms with Crippen molar-refractivity contribution in [2.24, 2.45) is 7.05 Å². The molecule has 0 bridgehead atoms. The lowest BCUT2D eigenvalue weighted by atomic mass is 10.2. The van der Waals surface area contributed by atoms with Crippen LogP contribution >= 0.6 is 0 Å². The molecule has 2 aromatic rings. The van der Waals surface area contributed by atoms with Crippen molar-refractivity contribution < 1.29 is 8.78 Å². The highest BCUT2D eigenvalue weighted by atomic mass is 19.2. The van der Waals surface area contributed by atoms with E-state index in [4.69, 9.17) is 5.73 Å². The Kier molecular flexibility index (Phi) is 3.18. The van der Waals surface area contributed by atoms with E-state index in [1.165, 1.54) is 0 Å². The molecule has 4 nitrogen and oxygen atoms in total. The number of anilines is 3. The number of aromatic nitrogens is 2. The molecule has 1 aromatic heterocycles. The van der Waals surface area contributed by atoms with Crippen molar-refractivity contribution >= 4 is 17.2 Å². The Labute approximate surface area is 103 Å². The summed E-state index contributed by atoms with van der Waals surface area (Å²) in [6.45, 7) is 1.98. The highest BCUT2D eigenvalue weighted by molar-refractivity contribution is 5.72. The van der Waals surface area contributed by atoms with Crippen LogP contribution in [0.4, 0.5) is 26.0 Å². The molecule has 0 fully saturated rings. The summed E-state index contributed by atoms with van der Waals surface area (Å²) in [7, 11) is 1.79. The van der Waals surface area contributed by atoms with E-state index in [9.17, 15) is 8.78 Å². The minimum absolute atomic E-state index is 0.140. The first-order valence-corrected chi connectivity index (χ1v) is 5.55.